The molecule has 0 fully saturated rings. The third-order valence-corrected chi connectivity index (χ3v) is 19.9. The molecule has 0 amide bonds. The van der Waals surface area contributed by atoms with Gasteiger partial charge >= 0.3 is 0 Å². The van der Waals surface area contributed by atoms with E-state index in [0.29, 0.717) is 0 Å². The van der Waals surface area contributed by atoms with Crippen molar-refractivity contribution in [3.63, 3.8) is 0 Å². The lowest BCUT2D eigenvalue weighted by Gasteiger charge is -2.34. The van der Waals surface area contributed by atoms with Gasteiger partial charge in [-0.3, -0.25) is 0 Å². The van der Waals surface area contributed by atoms with E-state index in [1.807, 2.05) is 0 Å². The van der Waals surface area contributed by atoms with Crippen molar-refractivity contribution in [1.29, 1.82) is 0 Å². The average molecular weight is 922 g/mol. The molecule has 15 aromatic rings. The largest absolute Gasteiger partial charge is 0.454 e. The molecule has 0 spiro atoms. The SMILES string of the molecule is c1ccc([Si](c2ccccc2)(c2ccccc2)c2ccc3c4ccccc4n(-c4cc(-n5c6ccccc6c6cc(-n7c8ccccc8c8ccccc87)ccc65)cc5c4oc4ccccc45)c3c2)cc1. The summed E-state index contributed by atoms with van der Waals surface area (Å²) in [5.74, 6) is 0. The normalized spacial score (nSPS) is 12.2. The van der Waals surface area contributed by atoms with Gasteiger partial charge < -0.3 is 18.1 Å². The van der Waals surface area contributed by atoms with Crippen LogP contribution < -0.4 is 20.7 Å². The highest BCUT2D eigenvalue weighted by atomic mass is 28.3. The first kappa shape index (κ1) is 39.8. The molecule has 4 heterocycles. The van der Waals surface area contributed by atoms with Gasteiger partial charge in [0, 0.05) is 54.5 Å². The zero-order valence-electron chi connectivity index (χ0n) is 38.6. The van der Waals surface area contributed by atoms with Crippen molar-refractivity contribution >= 4 is 116 Å². The molecular weight excluding hydrogens is 879 g/mol. The van der Waals surface area contributed by atoms with Crippen molar-refractivity contribution in [3.05, 3.63) is 261 Å². The molecule has 0 unspecified atom stereocenters. The number of nitrogens with zero attached hydrogens (tertiary/aromatic N) is 3. The summed E-state index contributed by atoms with van der Waals surface area (Å²) >= 11 is 0. The van der Waals surface area contributed by atoms with E-state index < -0.39 is 8.07 Å². The number of rotatable bonds is 7. The number of para-hydroxylation sites is 5. The molecule has 0 saturated heterocycles. The van der Waals surface area contributed by atoms with Crippen LogP contribution >= 0.6 is 0 Å². The quantitative estimate of drug-likeness (QED) is 0.116. The van der Waals surface area contributed by atoms with Gasteiger partial charge in [0.05, 0.1) is 38.8 Å². The van der Waals surface area contributed by atoms with Gasteiger partial charge in [-0.1, -0.05) is 194 Å². The summed E-state index contributed by atoms with van der Waals surface area (Å²) in [5, 5.41) is 14.8. The van der Waals surface area contributed by atoms with Crippen LogP contribution in [0.1, 0.15) is 0 Å². The maximum Gasteiger partial charge on any atom is 0.179 e. The van der Waals surface area contributed by atoms with Crippen LogP contribution in [-0.2, 0) is 0 Å². The molecule has 0 aliphatic carbocycles. The van der Waals surface area contributed by atoms with Crippen LogP contribution in [0.15, 0.2) is 265 Å². The van der Waals surface area contributed by atoms with E-state index >= 15 is 0 Å². The van der Waals surface area contributed by atoms with Gasteiger partial charge in [0.1, 0.15) is 5.58 Å². The zero-order valence-corrected chi connectivity index (χ0v) is 39.6. The van der Waals surface area contributed by atoms with Crippen molar-refractivity contribution in [1.82, 2.24) is 13.7 Å². The molecule has 0 bridgehead atoms. The van der Waals surface area contributed by atoms with Crippen molar-refractivity contribution in [2.75, 3.05) is 0 Å². The van der Waals surface area contributed by atoms with Crippen LogP contribution in [-0.4, -0.2) is 21.8 Å². The Morgan fingerprint density at radius 2 is 0.676 bits per heavy atom. The molecule has 332 valence electrons. The number of hydrogen-bond acceptors (Lipinski definition) is 1. The second kappa shape index (κ2) is 15.4. The summed E-state index contributed by atoms with van der Waals surface area (Å²) in [7, 11) is -2.88. The van der Waals surface area contributed by atoms with E-state index in [1.54, 1.807) is 0 Å². The van der Waals surface area contributed by atoms with Crippen LogP contribution in [0.5, 0.6) is 0 Å². The molecule has 71 heavy (non-hydrogen) atoms. The minimum absolute atomic E-state index is 0.857. The van der Waals surface area contributed by atoms with Gasteiger partial charge in [-0.05, 0) is 87.5 Å². The van der Waals surface area contributed by atoms with Gasteiger partial charge in [-0.25, -0.2) is 0 Å². The third-order valence-electron chi connectivity index (χ3n) is 15.2. The van der Waals surface area contributed by atoms with Gasteiger partial charge in [0.15, 0.2) is 13.7 Å². The highest BCUT2D eigenvalue weighted by molar-refractivity contribution is 7.20. The molecule has 11 aromatic carbocycles. The Kier molecular flexibility index (Phi) is 8.64. The number of benzene rings is 11. The summed E-state index contributed by atoms with van der Waals surface area (Å²) in [4.78, 5) is 0. The molecular formula is C66H43N3OSi. The highest BCUT2D eigenvalue weighted by Crippen LogP contribution is 2.42. The zero-order chi connectivity index (χ0) is 46.6. The van der Waals surface area contributed by atoms with Gasteiger partial charge in [0.2, 0.25) is 0 Å². The molecule has 0 atom stereocenters. The monoisotopic (exact) mass is 921 g/mol. The third kappa shape index (κ3) is 5.72. The Hall–Kier alpha value is -9.16. The minimum atomic E-state index is -2.88. The maximum atomic E-state index is 7.06. The van der Waals surface area contributed by atoms with E-state index in [1.165, 1.54) is 64.1 Å². The minimum Gasteiger partial charge on any atom is -0.454 e. The van der Waals surface area contributed by atoms with Crippen LogP contribution in [0.25, 0.3) is 104 Å². The number of hydrogen-bond donors (Lipinski definition) is 0. The van der Waals surface area contributed by atoms with E-state index in [0.717, 1.165) is 61.1 Å². The summed E-state index contributed by atoms with van der Waals surface area (Å²) in [6.07, 6.45) is 0. The first-order valence-corrected chi connectivity index (χ1v) is 26.4. The standard InChI is InChI=1S/C66H43N3OSi/c1-4-20-46(21-5-1)71(47-22-6-2-7-23-47,48-24-8-3-9-25-48)49-37-38-54-52-28-12-18-34-61(52)69(63(54)43-49)64-42-45(41-57-55-30-14-19-35-65(55)70-66(57)64)68-60-33-17-13-29-53(60)56-40-44(36-39-62(56)68)67-58-31-15-10-26-50(58)51-27-11-16-32-59(51)67/h1-43H. The van der Waals surface area contributed by atoms with Crippen molar-refractivity contribution in [2.45, 2.75) is 0 Å². The van der Waals surface area contributed by atoms with Crippen LogP contribution in [0, 0.1) is 0 Å². The van der Waals surface area contributed by atoms with E-state index in [2.05, 4.69) is 275 Å². The second-order valence-electron chi connectivity index (χ2n) is 18.8. The van der Waals surface area contributed by atoms with E-state index in [9.17, 15) is 0 Å². The van der Waals surface area contributed by atoms with Gasteiger partial charge in [0.25, 0.3) is 0 Å². The topological polar surface area (TPSA) is 27.9 Å². The predicted molar refractivity (Wildman–Crippen MR) is 300 cm³/mol. The molecule has 0 N–H and O–H groups in total. The second-order valence-corrected chi connectivity index (χ2v) is 22.6. The van der Waals surface area contributed by atoms with Gasteiger partial charge in [-0.2, -0.15) is 0 Å². The Morgan fingerprint density at radius 3 is 1.24 bits per heavy atom. The summed E-state index contributed by atoms with van der Waals surface area (Å²) in [5.41, 5.74) is 11.9. The van der Waals surface area contributed by atoms with Crippen LogP contribution in [0.3, 0.4) is 0 Å². The van der Waals surface area contributed by atoms with Crippen LogP contribution in [0.2, 0.25) is 0 Å². The van der Waals surface area contributed by atoms with E-state index in [4.69, 9.17) is 4.42 Å². The molecule has 0 radical (unpaired) electrons. The Labute approximate surface area is 410 Å². The summed E-state index contributed by atoms with van der Waals surface area (Å²) < 4.78 is 14.4. The van der Waals surface area contributed by atoms with Gasteiger partial charge in [-0.15, -0.1) is 0 Å². The van der Waals surface area contributed by atoms with Crippen molar-refractivity contribution in [2.24, 2.45) is 0 Å². The maximum absolute atomic E-state index is 7.06. The number of furan rings is 1. The van der Waals surface area contributed by atoms with Crippen molar-refractivity contribution in [3.8, 4) is 17.1 Å². The number of aromatic nitrogens is 3. The molecule has 5 heteroatoms. The number of fused-ring (bicyclic) bond motifs is 12. The average Bonchev–Trinajstić information content (AvgIpc) is 4.18. The summed E-state index contributed by atoms with van der Waals surface area (Å²) in [6.45, 7) is 0. The fraction of sp³-hybridized carbons (Fsp3) is 0. The molecule has 15 rings (SSSR count). The predicted octanol–water partition coefficient (Wildman–Crippen LogP) is 14.3. The molecule has 0 aliphatic heterocycles. The lowest BCUT2D eigenvalue weighted by atomic mass is 10.1. The smallest absolute Gasteiger partial charge is 0.179 e. The lowest BCUT2D eigenvalue weighted by Crippen LogP contribution is -2.74. The van der Waals surface area contributed by atoms with Crippen molar-refractivity contribution < 1.29 is 4.42 Å². The fourth-order valence-corrected chi connectivity index (χ4v) is 17.0. The van der Waals surface area contributed by atoms with Crippen LogP contribution in [0.4, 0.5) is 0 Å². The molecule has 0 saturated carbocycles. The fourth-order valence-electron chi connectivity index (χ4n) is 12.2. The lowest BCUT2D eigenvalue weighted by molar-refractivity contribution is 0.666. The molecule has 4 aromatic heterocycles. The first-order valence-electron chi connectivity index (χ1n) is 24.4. The Balaban J connectivity index is 1.03. The first-order chi connectivity index (χ1) is 35.2. The Morgan fingerprint density at radius 1 is 0.254 bits per heavy atom. The molecule has 4 nitrogen and oxygen atoms in total. The highest BCUT2D eigenvalue weighted by Gasteiger charge is 2.41. The Bertz CT molecular complexity index is 4430. The summed E-state index contributed by atoms with van der Waals surface area (Å²) in [6, 6.07) is 96.3. The van der Waals surface area contributed by atoms with E-state index in [-0.39, 0.29) is 0 Å². The molecule has 0 aliphatic rings.